The highest BCUT2D eigenvalue weighted by Crippen LogP contribution is 2.30. The van der Waals surface area contributed by atoms with Crippen LogP contribution in [0.3, 0.4) is 0 Å². The number of halogens is 2. The molecular formula is C12H10BrClN2O. The van der Waals surface area contributed by atoms with Crippen LogP contribution in [0, 0.1) is 6.92 Å². The van der Waals surface area contributed by atoms with E-state index in [1.807, 2.05) is 19.1 Å². The van der Waals surface area contributed by atoms with Gasteiger partial charge in [0.2, 0.25) is 5.88 Å². The molecule has 2 aromatic rings. The van der Waals surface area contributed by atoms with Crippen LogP contribution in [-0.2, 0) is 0 Å². The molecule has 1 aromatic carbocycles. The summed E-state index contributed by atoms with van der Waals surface area (Å²) >= 11 is 9.28. The number of nitrogens with zero attached hydrogens (tertiary/aromatic N) is 1. The van der Waals surface area contributed by atoms with E-state index in [1.54, 1.807) is 18.3 Å². The van der Waals surface area contributed by atoms with Crippen LogP contribution in [0.4, 0.5) is 5.69 Å². The van der Waals surface area contributed by atoms with E-state index < -0.39 is 0 Å². The quantitative estimate of drug-likeness (QED) is 0.846. The minimum Gasteiger partial charge on any atom is -0.437 e. The lowest BCUT2D eigenvalue weighted by Crippen LogP contribution is -1.93. The van der Waals surface area contributed by atoms with Gasteiger partial charge in [0, 0.05) is 22.4 Å². The SMILES string of the molecule is Cc1ccc(Oc2ncc(Br)cc2Cl)cc1N. The number of hydrogen-bond acceptors (Lipinski definition) is 3. The third-order valence-electron chi connectivity index (χ3n) is 2.24. The Bertz CT molecular complexity index is 560. The van der Waals surface area contributed by atoms with E-state index in [2.05, 4.69) is 20.9 Å². The van der Waals surface area contributed by atoms with Gasteiger partial charge >= 0.3 is 0 Å². The van der Waals surface area contributed by atoms with Gasteiger partial charge in [-0.1, -0.05) is 17.7 Å². The van der Waals surface area contributed by atoms with E-state index in [1.165, 1.54) is 0 Å². The highest BCUT2D eigenvalue weighted by atomic mass is 79.9. The monoisotopic (exact) mass is 312 g/mol. The Kier molecular flexibility index (Phi) is 3.54. The summed E-state index contributed by atoms with van der Waals surface area (Å²) < 4.78 is 6.36. The molecule has 0 bridgehead atoms. The molecule has 0 unspecified atom stereocenters. The highest BCUT2D eigenvalue weighted by Gasteiger charge is 2.06. The average molecular weight is 314 g/mol. The van der Waals surface area contributed by atoms with Crippen molar-refractivity contribution in [1.82, 2.24) is 4.98 Å². The van der Waals surface area contributed by atoms with E-state index in [0.717, 1.165) is 10.0 Å². The maximum absolute atomic E-state index is 6.00. The fourth-order valence-corrected chi connectivity index (χ4v) is 1.94. The van der Waals surface area contributed by atoms with Gasteiger partial charge in [0.05, 0.1) is 0 Å². The zero-order chi connectivity index (χ0) is 12.4. The lowest BCUT2D eigenvalue weighted by molar-refractivity contribution is 0.463. The van der Waals surface area contributed by atoms with Crippen LogP contribution >= 0.6 is 27.5 Å². The molecule has 2 rings (SSSR count). The van der Waals surface area contributed by atoms with E-state index in [0.29, 0.717) is 22.3 Å². The molecule has 0 saturated carbocycles. The Morgan fingerprint density at radius 2 is 2.12 bits per heavy atom. The molecule has 0 aliphatic rings. The zero-order valence-corrected chi connectivity index (χ0v) is 11.4. The predicted octanol–water partition coefficient (Wildman–Crippen LogP) is 4.18. The van der Waals surface area contributed by atoms with Crippen molar-refractivity contribution < 1.29 is 4.74 Å². The van der Waals surface area contributed by atoms with Crippen molar-refractivity contribution in [3.63, 3.8) is 0 Å². The zero-order valence-electron chi connectivity index (χ0n) is 9.08. The molecule has 0 aliphatic carbocycles. The van der Waals surface area contributed by atoms with E-state index >= 15 is 0 Å². The molecule has 0 saturated heterocycles. The molecule has 0 atom stereocenters. The fraction of sp³-hybridized carbons (Fsp3) is 0.0833. The largest absolute Gasteiger partial charge is 0.437 e. The maximum Gasteiger partial charge on any atom is 0.238 e. The molecule has 2 N–H and O–H groups in total. The first-order valence-corrected chi connectivity index (χ1v) is 6.08. The standard InChI is InChI=1S/C12H10BrClN2O/c1-7-2-3-9(5-11(7)15)17-12-10(14)4-8(13)6-16-12/h2-6H,15H2,1H3. The number of hydrogen-bond donors (Lipinski definition) is 1. The Hall–Kier alpha value is -1.26. The highest BCUT2D eigenvalue weighted by molar-refractivity contribution is 9.10. The fourth-order valence-electron chi connectivity index (χ4n) is 1.27. The number of anilines is 1. The van der Waals surface area contributed by atoms with Crippen molar-refractivity contribution >= 4 is 33.2 Å². The summed E-state index contributed by atoms with van der Waals surface area (Å²) in [5.41, 5.74) is 7.48. The number of ether oxygens (including phenoxy) is 1. The van der Waals surface area contributed by atoms with Gasteiger partial charge < -0.3 is 10.5 Å². The van der Waals surface area contributed by atoms with E-state index in [9.17, 15) is 0 Å². The molecule has 1 aromatic heterocycles. The Morgan fingerprint density at radius 1 is 1.35 bits per heavy atom. The lowest BCUT2D eigenvalue weighted by Gasteiger charge is -2.08. The number of nitrogens with two attached hydrogens (primary N) is 1. The normalized spacial score (nSPS) is 10.3. The van der Waals surface area contributed by atoms with Gasteiger partial charge in [-0.2, -0.15) is 0 Å². The second kappa shape index (κ2) is 4.94. The smallest absolute Gasteiger partial charge is 0.238 e. The number of aryl methyl sites for hydroxylation is 1. The molecule has 3 nitrogen and oxygen atoms in total. The molecule has 0 aliphatic heterocycles. The summed E-state index contributed by atoms with van der Waals surface area (Å²) in [7, 11) is 0. The summed E-state index contributed by atoms with van der Waals surface area (Å²) in [5, 5.41) is 0.443. The van der Waals surface area contributed by atoms with Crippen LogP contribution in [0.1, 0.15) is 5.56 Å². The number of aromatic nitrogens is 1. The third kappa shape index (κ3) is 2.90. The van der Waals surface area contributed by atoms with Crippen molar-refractivity contribution in [2.24, 2.45) is 0 Å². The van der Waals surface area contributed by atoms with Crippen LogP contribution < -0.4 is 10.5 Å². The average Bonchev–Trinajstić information content (AvgIpc) is 2.27. The summed E-state index contributed by atoms with van der Waals surface area (Å²) in [6.45, 7) is 1.93. The summed E-state index contributed by atoms with van der Waals surface area (Å²) in [6, 6.07) is 7.18. The van der Waals surface area contributed by atoms with Crippen LogP contribution in [0.15, 0.2) is 34.9 Å². The number of nitrogen functional groups attached to an aromatic ring is 1. The van der Waals surface area contributed by atoms with Crippen molar-refractivity contribution in [2.45, 2.75) is 6.92 Å². The van der Waals surface area contributed by atoms with E-state index in [-0.39, 0.29) is 0 Å². The maximum atomic E-state index is 6.00. The molecule has 17 heavy (non-hydrogen) atoms. The molecule has 88 valence electrons. The summed E-state index contributed by atoms with van der Waals surface area (Å²) in [5.74, 6) is 0.975. The van der Waals surface area contributed by atoms with Crippen LogP contribution in [0.2, 0.25) is 5.02 Å². The van der Waals surface area contributed by atoms with Gasteiger partial charge in [-0.15, -0.1) is 0 Å². The number of benzene rings is 1. The van der Waals surface area contributed by atoms with Gasteiger partial charge in [0.1, 0.15) is 10.8 Å². The van der Waals surface area contributed by atoms with Gasteiger partial charge in [0.15, 0.2) is 0 Å². The second-order valence-electron chi connectivity index (χ2n) is 3.56. The first-order chi connectivity index (χ1) is 8.06. The second-order valence-corrected chi connectivity index (χ2v) is 4.88. The van der Waals surface area contributed by atoms with Crippen LogP contribution in [-0.4, -0.2) is 4.98 Å². The molecule has 0 radical (unpaired) electrons. The van der Waals surface area contributed by atoms with Gasteiger partial charge in [-0.05, 0) is 40.5 Å². The first kappa shape index (κ1) is 12.2. The van der Waals surface area contributed by atoms with Crippen molar-refractivity contribution in [3.05, 3.63) is 45.5 Å². The van der Waals surface area contributed by atoms with Crippen molar-refractivity contribution in [1.29, 1.82) is 0 Å². The number of rotatable bonds is 2. The Balaban J connectivity index is 2.28. The third-order valence-corrected chi connectivity index (χ3v) is 2.94. The van der Waals surface area contributed by atoms with Crippen molar-refractivity contribution in [3.8, 4) is 11.6 Å². The topological polar surface area (TPSA) is 48.1 Å². The molecule has 5 heteroatoms. The van der Waals surface area contributed by atoms with E-state index in [4.69, 9.17) is 22.1 Å². The Labute approximate surface area is 113 Å². The number of pyridine rings is 1. The summed E-state index contributed by atoms with van der Waals surface area (Å²) in [6.07, 6.45) is 1.62. The first-order valence-electron chi connectivity index (χ1n) is 4.91. The molecule has 1 heterocycles. The van der Waals surface area contributed by atoms with Gasteiger partial charge in [0.25, 0.3) is 0 Å². The molecule has 0 spiro atoms. The Morgan fingerprint density at radius 3 is 2.76 bits per heavy atom. The summed E-state index contributed by atoms with van der Waals surface area (Å²) in [4.78, 5) is 4.08. The lowest BCUT2D eigenvalue weighted by atomic mass is 10.2. The van der Waals surface area contributed by atoms with Gasteiger partial charge in [-0.3, -0.25) is 0 Å². The van der Waals surface area contributed by atoms with Crippen LogP contribution in [0.25, 0.3) is 0 Å². The van der Waals surface area contributed by atoms with Crippen LogP contribution in [0.5, 0.6) is 11.6 Å². The minimum atomic E-state index is 0.359. The predicted molar refractivity (Wildman–Crippen MR) is 72.6 cm³/mol. The molecule has 0 fully saturated rings. The molecular weight excluding hydrogens is 304 g/mol. The minimum absolute atomic E-state index is 0.359. The molecule has 0 amide bonds. The van der Waals surface area contributed by atoms with Gasteiger partial charge in [-0.25, -0.2) is 4.98 Å². The van der Waals surface area contributed by atoms with Crippen molar-refractivity contribution in [2.75, 3.05) is 5.73 Å².